The normalized spacial score (nSPS) is 23.6. The molecule has 4 nitrogen and oxygen atoms in total. The van der Waals surface area contributed by atoms with E-state index in [9.17, 15) is 8.42 Å². The van der Waals surface area contributed by atoms with Gasteiger partial charge in [-0.2, -0.15) is 0 Å². The van der Waals surface area contributed by atoms with Crippen LogP contribution in [0.15, 0.2) is 30.3 Å². The van der Waals surface area contributed by atoms with Crippen LogP contribution in [0.3, 0.4) is 0 Å². The Morgan fingerprint density at radius 1 is 1.15 bits per heavy atom. The summed E-state index contributed by atoms with van der Waals surface area (Å²) < 4.78 is 27.2. The minimum atomic E-state index is -3.23. The highest BCUT2D eigenvalue weighted by molar-refractivity contribution is 7.89. The van der Waals surface area contributed by atoms with E-state index >= 15 is 0 Å². The van der Waals surface area contributed by atoms with E-state index in [0.29, 0.717) is 13.0 Å². The molecule has 0 radical (unpaired) electrons. The van der Waals surface area contributed by atoms with Crippen molar-refractivity contribution < 1.29 is 8.42 Å². The molecule has 2 unspecified atom stereocenters. The lowest BCUT2D eigenvalue weighted by Crippen LogP contribution is -2.45. The zero-order valence-electron chi connectivity index (χ0n) is 11.8. The summed E-state index contributed by atoms with van der Waals surface area (Å²) in [7, 11) is -3.23. The van der Waals surface area contributed by atoms with Crippen molar-refractivity contribution in [3.63, 3.8) is 0 Å². The number of rotatable bonds is 6. The van der Waals surface area contributed by atoms with Crippen LogP contribution in [0.25, 0.3) is 0 Å². The van der Waals surface area contributed by atoms with E-state index in [1.165, 1.54) is 0 Å². The van der Waals surface area contributed by atoms with Gasteiger partial charge in [0.05, 0.1) is 5.75 Å². The number of benzene rings is 1. The van der Waals surface area contributed by atoms with Gasteiger partial charge in [0.25, 0.3) is 0 Å². The highest BCUT2D eigenvalue weighted by atomic mass is 32.2. The SMILES string of the molecule is NCC1CCCCC1NS(=O)(=O)CCc1ccccc1. The summed E-state index contributed by atoms with van der Waals surface area (Å²) in [5.41, 5.74) is 6.80. The van der Waals surface area contributed by atoms with Gasteiger partial charge in [0.15, 0.2) is 0 Å². The van der Waals surface area contributed by atoms with Crippen LogP contribution in [-0.4, -0.2) is 26.8 Å². The fourth-order valence-corrected chi connectivity index (χ4v) is 4.23. The second kappa shape index (κ2) is 7.20. The van der Waals surface area contributed by atoms with Crippen LogP contribution in [0.1, 0.15) is 31.2 Å². The van der Waals surface area contributed by atoms with E-state index in [1.54, 1.807) is 0 Å². The van der Waals surface area contributed by atoms with Crippen LogP contribution in [0.4, 0.5) is 0 Å². The van der Waals surface area contributed by atoms with Gasteiger partial charge in [0.2, 0.25) is 10.0 Å². The van der Waals surface area contributed by atoms with Crippen molar-refractivity contribution in [2.45, 2.75) is 38.1 Å². The lowest BCUT2D eigenvalue weighted by atomic mass is 9.85. The Morgan fingerprint density at radius 3 is 2.55 bits per heavy atom. The van der Waals surface area contributed by atoms with Crippen molar-refractivity contribution in [3.8, 4) is 0 Å². The molecule has 0 aliphatic heterocycles. The molecule has 1 fully saturated rings. The van der Waals surface area contributed by atoms with Gasteiger partial charge in [-0.1, -0.05) is 43.2 Å². The maximum atomic E-state index is 12.2. The van der Waals surface area contributed by atoms with E-state index in [0.717, 1.165) is 31.2 Å². The smallest absolute Gasteiger partial charge is 0.212 e. The lowest BCUT2D eigenvalue weighted by Gasteiger charge is -2.31. The molecule has 0 amide bonds. The van der Waals surface area contributed by atoms with Gasteiger partial charge < -0.3 is 5.73 Å². The third-order valence-electron chi connectivity index (χ3n) is 4.05. The molecule has 5 heteroatoms. The predicted molar refractivity (Wildman–Crippen MR) is 81.9 cm³/mol. The Morgan fingerprint density at radius 2 is 1.85 bits per heavy atom. The van der Waals surface area contributed by atoms with Crippen molar-refractivity contribution in [1.82, 2.24) is 4.72 Å². The van der Waals surface area contributed by atoms with Gasteiger partial charge >= 0.3 is 0 Å². The van der Waals surface area contributed by atoms with E-state index in [2.05, 4.69) is 4.72 Å². The maximum Gasteiger partial charge on any atom is 0.212 e. The molecular weight excluding hydrogens is 272 g/mol. The first-order chi connectivity index (χ1) is 9.61. The quantitative estimate of drug-likeness (QED) is 0.838. The summed E-state index contributed by atoms with van der Waals surface area (Å²) in [6, 6.07) is 9.73. The second-order valence-electron chi connectivity index (χ2n) is 5.56. The molecule has 1 aromatic carbocycles. The number of nitrogens with two attached hydrogens (primary N) is 1. The molecular formula is C15H24N2O2S. The first kappa shape index (κ1) is 15.5. The molecule has 0 heterocycles. The van der Waals surface area contributed by atoms with Crippen molar-refractivity contribution in [2.75, 3.05) is 12.3 Å². The highest BCUT2D eigenvalue weighted by Crippen LogP contribution is 2.24. The Balaban J connectivity index is 1.90. The molecule has 0 spiro atoms. The minimum absolute atomic E-state index is 0.0227. The Kier molecular flexibility index (Phi) is 5.57. The van der Waals surface area contributed by atoms with E-state index < -0.39 is 10.0 Å². The molecule has 2 rings (SSSR count). The summed E-state index contributed by atoms with van der Waals surface area (Å²) in [6.07, 6.45) is 4.73. The number of nitrogens with one attached hydrogen (secondary N) is 1. The fraction of sp³-hybridized carbons (Fsp3) is 0.600. The van der Waals surface area contributed by atoms with Crippen LogP contribution in [0.2, 0.25) is 0 Å². The van der Waals surface area contributed by atoms with E-state index in [4.69, 9.17) is 5.73 Å². The first-order valence-electron chi connectivity index (χ1n) is 7.35. The van der Waals surface area contributed by atoms with Crippen molar-refractivity contribution in [1.29, 1.82) is 0 Å². The summed E-state index contributed by atoms with van der Waals surface area (Å²) in [5.74, 6) is 0.431. The Labute approximate surface area is 121 Å². The minimum Gasteiger partial charge on any atom is -0.330 e. The highest BCUT2D eigenvalue weighted by Gasteiger charge is 2.27. The predicted octanol–water partition coefficient (Wildman–Crippen LogP) is 1.67. The molecule has 0 aromatic heterocycles. The van der Waals surface area contributed by atoms with Gasteiger partial charge in [-0.05, 0) is 37.3 Å². The topological polar surface area (TPSA) is 72.2 Å². The van der Waals surface area contributed by atoms with Gasteiger partial charge in [-0.3, -0.25) is 0 Å². The van der Waals surface area contributed by atoms with Crippen LogP contribution in [0.5, 0.6) is 0 Å². The largest absolute Gasteiger partial charge is 0.330 e. The number of sulfonamides is 1. The number of hydrogen-bond donors (Lipinski definition) is 2. The fourth-order valence-electron chi connectivity index (χ4n) is 2.83. The van der Waals surface area contributed by atoms with Gasteiger partial charge in [-0.15, -0.1) is 0 Å². The van der Waals surface area contributed by atoms with E-state index in [1.807, 2.05) is 30.3 Å². The molecule has 2 atom stereocenters. The molecule has 112 valence electrons. The molecule has 0 bridgehead atoms. The van der Waals surface area contributed by atoms with Gasteiger partial charge in [0, 0.05) is 6.04 Å². The molecule has 1 saturated carbocycles. The Hall–Kier alpha value is -0.910. The summed E-state index contributed by atoms with van der Waals surface area (Å²) >= 11 is 0. The zero-order valence-corrected chi connectivity index (χ0v) is 12.6. The second-order valence-corrected chi connectivity index (χ2v) is 7.43. The van der Waals surface area contributed by atoms with Crippen molar-refractivity contribution in [2.24, 2.45) is 11.7 Å². The lowest BCUT2D eigenvalue weighted by molar-refractivity contribution is 0.296. The molecule has 1 aliphatic carbocycles. The van der Waals surface area contributed by atoms with Crippen molar-refractivity contribution in [3.05, 3.63) is 35.9 Å². The van der Waals surface area contributed by atoms with Crippen LogP contribution < -0.4 is 10.5 Å². The third kappa shape index (κ3) is 4.58. The molecule has 1 aromatic rings. The van der Waals surface area contributed by atoms with Gasteiger partial charge in [-0.25, -0.2) is 13.1 Å². The standard InChI is InChI=1S/C15H24N2O2S/c16-12-14-8-4-5-9-15(14)17-20(18,19)11-10-13-6-2-1-3-7-13/h1-3,6-7,14-15,17H,4-5,8-12,16H2. The number of aryl methyl sites for hydroxylation is 1. The summed E-state index contributed by atoms with van der Waals surface area (Å²) in [4.78, 5) is 0. The monoisotopic (exact) mass is 296 g/mol. The number of hydrogen-bond acceptors (Lipinski definition) is 3. The van der Waals surface area contributed by atoms with Crippen molar-refractivity contribution >= 4 is 10.0 Å². The van der Waals surface area contributed by atoms with Crippen LogP contribution in [-0.2, 0) is 16.4 Å². The van der Waals surface area contributed by atoms with Crippen LogP contribution in [0, 0.1) is 5.92 Å². The summed E-state index contributed by atoms with van der Waals surface area (Å²) in [6.45, 7) is 0.561. The zero-order chi connectivity index (χ0) is 14.4. The Bertz CT molecular complexity index is 502. The third-order valence-corrected chi connectivity index (χ3v) is 5.45. The average Bonchev–Trinajstić information content (AvgIpc) is 2.47. The molecule has 3 N–H and O–H groups in total. The average molecular weight is 296 g/mol. The van der Waals surface area contributed by atoms with Crippen LogP contribution >= 0.6 is 0 Å². The maximum absolute atomic E-state index is 12.2. The van der Waals surface area contributed by atoms with Gasteiger partial charge in [0.1, 0.15) is 0 Å². The molecule has 20 heavy (non-hydrogen) atoms. The molecule has 0 saturated heterocycles. The van der Waals surface area contributed by atoms with E-state index in [-0.39, 0.29) is 17.7 Å². The molecule has 1 aliphatic rings. The summed E-state index contributed by atoms with van der Waals surface area (Å²) in [5, 5.41) is 0. The first-order valence-corrected chi connectivity index (χ1v) is 9.00.